The van der Waals surface area contributed by atoms with Crippen molar-refractivity contribution in [2.24, 2.45) is 17.6 Å². The molecule has 0 saturated carbocycles. The normalized spacial score (nSPS) is 28.6. The van der Waals surface area contributed by atoms with E-state index in [-0.39, 0.29) is 11.0 Å². The summed E-state index contributed by atoms with van der Waals surface area (Å²) in [5, 5.41) is 57.2. The molecule has 10 nitrogen and oxygen atoms in total. The summed E-state index contributed by atoms with van der Waals surface area (Å²) in [5.41, 5.74) is 3.09. The first-order valence-corrected chi connectivity index (χ1v) is 13.5. The molecule has 0 heterocycles. The van der Waals surface area contributed by atoms with Gasteiger partial charge >= 0.3 is 0 Å². The summed E-state index contributed by atoms with van der Waals surface area (Å²) in [4.78, 5) is 41.1. The lowest BCUT2D eigenvalue weighted by molar-refractivity contribution is -0.159. The van der Waals surface area contributed by atoms with Crippen molar-refractivity contribution < 1.29 is 39.9 Å². The Hall–Kier alpha value is -4.25. The maximum atomic E-state index is 13.9. The van der Waals surface area contributed by atoms with Gasteiger partial charge in [-0.05, 0) is 47.8 Å². The second kappa shape index (κ2) is 9.65. The number of carbonyl (C=O) groups is 3. The highest BCUT2D eigenvalue weighted by molar-refractivity contribution is 6.25. The van der Waals surface area contributed by atoms with Crippen molar-refractivity contribution in [2.75, 3.05) is 14.1 Å². The predicted molar refractivity (Wildman–Crippen MR) is 154 cm³/mol. The maximum absolute atomic E-state index is 13.9. The number of aliphatic hydroxyl groups is 4. The number of amides is 1. The van der Waals surface area contributed by atoms with Crippen molar-refractivity contribution in [3.63, 3.8) is 0 Å². The van der Waals surface area contributed by atoms with Gasteiger partial charge in [-0.2, -0.15) is 0 Å². The number of Topliss-reactive ketones (excluding diaryl/α,β-unsaturated/α-hetero) is 2. The Kier molecular flexibility index (Phi) is 6.72. The molecule has 0 saturated heterocycles. The molecule has 1 amide bonds. The Labute approximate surface area is 242 Å². The topological polar surface area (TPSA) is 182 Å². The van der Waals surface area contributed by atoms with Crippen LogP contribution in [0.2, 0.25) is 0 Å². The number of phenols is 1. The highest BCUT2D eigenvalue weighted by Gasteiger charge is 2.67. The molecule has 7 N–H and O–H groups in total. The minimum Gasteiger partial charge on any atom is -0.510 e. The van der Waals surface area contributed by atoms with E-state index in [4.69, 9.17) is 5.73 Å². The SMILES string of the molecule is CN(C)C1C(O)=C(C(N)=O)C(=O)C2(O)C(O)=C3C(=O)c4c(O)cccc4/C(=C\c4ccc(C(C)(C)C)cc4)C3C(O)C12. The standard InChI is InChI=1S/C32H34N2O8/c1-31(2,3)15-11-9-14(10-12-15)13-17-16-7-6-8-18(35)19(16)25(36)21-20(17)26(37)23-24(34(4)5)27(38)22(30(33)41)29(40)32(23,42)28(21)39/h6-13,20,23-24,26,35,37-39,42H,1-5H3,(H2,33,41)/b17-13+. The predicted octanol–water partition coefficient (Wildman–Crippen LogP) is 2.39. The third-order valence-corrected chi connectivity index (χ3v) is 8.63. The summed E-state index contributed by atoms with van der Waals surface area (Å²) >= 11 is 0. The number of hydrogen-bond donors (Lipinski definition) is 6. The Morgan fingerprint density at radius 1 is 1.02 bits per heavy atom. The Morgan fingerprint density at radius 3 is 2.19 bits per heavy atom. The van der Waals surface area contributed by atoms with E-state index in [1.807, 2.05) is 24.3 Å². The fraction of sp³-hybridized carbons (Fsp3) is 0.344. The molecule has 5 rings (SSSR count). The minimum absolute atomic E-state index is 0.110. The van der Waals surface area contributed by atoms with Crippen LogP contribution in [0, 0.1) is 11.8 Å². The summed E-state index contributed by atoms with van der Waals surface area (Å²) in [6, 6.07) is 10.7. The molecule has 3 aliphatic rings. The van der Waals surface area contributed by atoms with Crippen molar-refractivity contribution >= 4 is 29.1 Å². The number of likely N-dealkylation sites (N-methyl/N-ethyl adjacent to an activating group) is 1. The fourth-order valence-electron chi connectivity index (χ4n) is 6.57. The largest absolute Gasteiger partial charge is 0.510 e. The molecule has 0 radical (unpaired) electrons. The molecule has 2 aromatic rings. The van der Waals surface area contributed by atoms with Gasteiger partial charge in [-0.3, -0.25) is 19.3 Å². The highest BCUT2D eigenvalue weighted by atomic mass is 16.4. The van der Waals surface area contributed by atoms with Gasteiger partial charge in [-0.15, -0.1) is 0 Å². The van der Waals surface area contributed by atoms with Crippen LogP contribution in [-0.4, -0.2) is 79.7 Å². The molecule has 220 valence electrons. The molecule has 0 spiro atoms. The van der Waals surface area contributed by atoms with Gasteiger partial charge < -0.3 is 31.3 Å². The average Bonchev–Trinajstić information content (AvgIpc) is 2.89. The second-order valence-electron chi connectivity index (χ2n) is 12.4. The summed E-state index contributed by atoms with van der Waals surface area (Å²) < 4.78 is 0. The summed E-state index contributed by atoms with van der Waals surface area (Å²) in [5.74, 6) is -8.80. The molecule has 10 heteroatoms. The molecule has 0 bridgehead atoms. The van der Waals surface area contributed by atoms with Gasteiger partial charge in [0.2, 0.25) is 5.78 Å². The molecule has 42 heavy (non-hydrogen) atoms. The number of carbonyl (C=O) groups excluding carboxylic acids is 3. The van der Waals surface area contributed by atoms with E-state index < -0.39 is 75.5 Å². The number of fused-ring (bicyclic) bond motifs is 3. The molecule has 0 aromatic heterocycles. The van der Waals surface area contributed by atoms with Gasteiger partial charge in [0.05, 0.1) is 29.2 Å². The van der Waals surface area contributed by atoms with E-state index >= 15 is 0 Å². The minimum atomic E-state index is -2.98. The van der Waals surface area contributed by atoms with Gasteiger partial charge in [0, 0.05) is 5.92 Å². The van der Waals surface area contributed by atoms with Crippen LogP contribution in [-0.2, 0) is 15.0 Å². The molecular weight excluding hydrogens is 540 g/mol. The number of aromatic hydroxyl groups is 1. The van der Waals surface area contributed by atoms with E-state index in [0.717, 1.165) is 5.56 Å². The number of hydrogen-bond acceptors (Lipinski definition) is 9. The zero-order valence-corrected chi connectivity index (χ0v) is 23.9. The monoisotopic (exact) mass is 574 g/mol. The third kappa shape index (κ3) is 4.01. The summed E-state index contributed by atoms with van der Waals surface area (Å²) in [6.07, 6.45) is -0.0175. The lowest BCUT2D eigenvalue weighted by Crippen LogP contribution is -2.68. The number of phenolic OH excluding ortho intramolecular Hbond substituents is 1. The van der Waals surface area contributed by atoms with Crippen LogP contribution in [0.1, 0.15) is 47.8 Å². The van der Waals surface area contributed by atoms with Crippen LogP contribution in [0.5, 0.6) is 5.75 Å². The lowest BCUT2D eigenvalue weighted by atomic mass is 9.56. The number of nitrogens with two attached hydrogens (primary N) is 1. The Morgan fingerprint density at radius 2 is 1.64 bits per heavy atom. The third-order valence-electron chi connectivity index (χ3n) is 8.63. The average molecular weight is 575 g/mol. The van der Waals surface area contributed by atoms with Crippen LogP contribution in [0.3, 0.4) is 0 Å². The van der Waals surface area contributed by atoms with Crippen molar-refractivity contribution in [1.82, 2.24) is 4.90 Å². The van der Waals surface area contributed by atoms with E-state index in [1.54, 1.807) is 18.2 Å². The molecule has 5 unspecified atom stereocenters. The Bertz CT molecular complexity index is 1630. The fourth-order valence-corrected chi connectivity index (χ4v) is 6.57. The molecule has 5 atom stereocenters. The number of ketones is 2. The number of benzene rings is 2. The second-order valence-corrected chi connectivity index (χ2v) is 12.4. The van der Waals surface area contributed by atoms with Gasteiger partial charge in [0.1, 0.15) is 22.8 Å². The molecule has 0 aliphatic heterocycles. The quantitative estimate of drug-likeness (QED) is 0.300. The van der Waals surface area contributed by atoms with Crippen molar-refractivity contribution in [3.8, 4) is 5.75 Å². The van der Waals surface area contributed by atoms with Crippen LogP contribution in [0.4, 0.5) is 0 Å². The van der Waals surface area contributed by atoms with E-state index in [9.17, 15) is 39.9 Å². The van der Waals surface area contributed by atoms with Crippen molar-refractivity contribution in [3.05, 3.63) is 87.4 Å². The van der Waals surface area contributed by atoms with Gasteiger partial charge in [-0.25, -0.2) is 0 Å². The zero-order valence-electron chi connectivity index (χ0n) is 23.9. The van der Waals surface area contributed by atoms with Gasteiger partial charge in [0.15, 0.2) is 11.4 Å². The molecule has 3 aliphatic carbocycles. The van der Waals surface area contributed by atoms with E-state index in [1.165, 1.54) is 25.1 Å². The van der Waals surface area contributed by atoms with Gasteiger partial charge in [-0.1, -0.05) is 63.2 Å². The summed E-state index contributed by atoms with van der Waals surface area (Å²) in [7, 11) is 2.98. The van der Waals surface area contributed by atoms with Crippen LogP contribution < -0.4 is 5.73 Å². The van der Waals surface area contributed by atoms with E-state index in [0.29, 0.717) is 16.7 Å². The molecule has 0 fully saturated rings. The molecular formula is C32H34N2O8. The first-order chi connectivity index (χ1) is 19.5. The van der Waals surface area contributed by atoms with Gasteiger partial charge in [0.25, 0.3) is 5.91 Å². The lowest BCUT2D eigenvalue weighted by Gasteiger charge is -2.52. The smallest absolute Gasteiger partial charge is 0.255 e. The zero-order chi connectivity index (χ0) is 31.0. The molecule has 2 aromatic carbocycles. The first-order valence-electron chi connectivity index (χ1n) is 13.5. The highest BCUT2D eigenvalue weighted by Crippen LogP contribution is 2.55. The number of primary amides is 1. The summed E-state index contributed by atoms with van der Waals surface area (Å²) in [6.45, 7) is 6.23. The van der Waals surface area contributed by atoms with Crippen molar-refractivity contribution in [1.29, 1.82) is 0 Å². The van der Waals surface area contributed by atoms with Crippen LogP contribution in [0.15, 0.2) is 65.1 Å². The first kappa shape index (κ1) is 29.2. The van der Waals surface area contributed by atoms with Crippen LogP contribution >= 0.6 is 0 Å². The number of rotatable bonds is 3. The maximum Gasteiger partial charge on any atom is 0.255 e. The van der Waals surface area contributed by atoms with Crippen molar-refractivity contribution in [2.45, 2.75) is 43.9 Å². The Balaban J connectivity index is 1.82. The number of nitrogens with zero attached hydrogens (tertiary/aromatic N) is 1. The van der Waals surface area contributed by atoms with E-state index in [2.05, 4.69) is 20.8 Å². The van der Waals surface area contributed by atoms with Crippen LogP contribution in [0.25, 0.3) is 11.6 Å². The number of aliphatic hydroxyl groups excluding tert-OH is 3.